The fourth-order valence-electron chi connectivity index (χ4n) is 3.32. The molecule has 8 heteroatoms. The molecule has 0 saturated carbocycles. The third kappa shape index (κ3) is 4.85. The molecule has 1 aromatic carbocycles. The minimum Gasteiger partial charge on any atom is -0.444 e. The molecule has 1 aliphatic rings. The number of benzene rings is 1. The summed E-state index contributed by atoms with van der Waals surface area (Å²) in [4.78, 5) is 18.1. The van der Waals surface area contributed by atoms with Crippen LogP contribution >= 0.6 is 0 Å². The Kier molecular flexibility index (Phi) is 5.41. The molecule has 152 valence electrons. The Morgan fingerprint density at radius 3 is 2.46 bits per heavy atom. The second-order valence-corrected chi connectivity index (χ2v) is 7.97. The topological polar surface area (TPSA) is 54.5 Å². The van der Waals surface area contributed by atoms with Gasteiger partial charge < -0.3 is 15.0 Å². The van der Waals surface area contributed by atoms with Crippen molar-refractivity contribution in [1.82, 2.24) is 10.3 Å². The molecule has 3 rings (SSSR count). The lowest BCUT2D eigenvalue weighted by atomic mass is 10.0. The summed E-state index contributed by atoms with van der Waals surface area (Å²) in [5.74, 6) is 0. The first-order valence-corrected chi connectivity index (χ1v) is 9.23. The predicted molar refractivity (Wildman–Crippen MR) is 101 cm³/mol. The van der Waals surface area contributed by atoms with Gasteiger partial charge in [-0.2, -0.15) is 13.2 Å². The number of nitrogens with one attached hydrogen (secondary N) is 1. The molecular weight excluding hydrogens is 371 g/mol. The highest BCUT2D eigenvalue weighted by atomic mass is 19.4. The number of rotatable bonds is 2. The summed E-state index contributed by atoms with van der Waals surface area (Å²) in [5, 5.41) is 3.57. The maximum atomic E-state index is 12.9. The standard InChI is InChI=1S/C20H24F3N3O2/c1-19(2,3)28-18(27)25-14-7-10-26(11-8-14)17-6-9-24-16-12-13(20(21,22)23)4-5-15(16)17/h4-6,9,12,14H,7-8,10-11H2,1-3H3,(H,25,27). The molecule has 1 fully saturated rings. The monoisotopic (exact) mass is 395 g/mol. The number of fused-ring (bicyclic) bond motifs is 1. The average molecular weight is 395 g/mol. The van der Waals surface area contributed by atoms with Crippen LogP contribution in [0.1, 0.15) is 39.2 Å². The summed E-state index contributed by atoms with van der Waals surface area (Å²) in [6, 6.07) is 5.47. The smallest absolute Gasteiger partial charge is 0.416 e. The minimum absolute atomic E-state index is 0.0102. The van der Waals surface area contributed by atoms with Crippen LogP contribution in [0.25, 0.3) is 10.9 Å². The molecule has 1 amide bonds. The van der Waals surface area contributed by atoms with E-state index in [1.807, 2.05) is 26.8 Å². The molecule has 0 spiro atoms. The van der Waals surface area contributed by atoms with Gasteiger partial charge in [-0.15, -0.1) is 0 Å². The highest BCUT2D eigenvalue weighted by Crippen LogP contribution is 2.34. The van der Waals surface area contributed by atoms with Gasteiger partial charge in [-0.05, 0) is 51.8 Å². The van der Waals surface area contributed by atoms with E-state index in [0.29, 0.717) is 24.0 Å². The van der Waals surface area contributed by atoms with Crippen molar-refractivity contribution in [2.24, 2.45) is 0 Å². The number of nitrogens with zero attached hydrogens (tertiary/aromatic N) is 2. The van der Waals surface area contributed by atoms with Crippen LogP contribution in [0.15, 0.2) is 30.5 Å². The summed E-state index contributed by atoms with van der Waals surface area (Å²) >= 11 is 0. The first-order chi connectivity index (χ1) is 13.0. The lowest BCUT2D eigenvalue weighted by Gasteiger charge is -2.34. The molecule has 1 saturated heterocycles. The number of alkyl halides is 3. The number of aromatic nitrogens is 1. The van der Waals surface area contributed by atoms with Gasteiger partial charge in [0, 0.05) is 36.4 Å². The Hall–Kier alpha value is -2.51. The van der Waals surface area contributed by atoms with Gasteiger partial charge in [-0.25, -0.2) is 4.79 Å². The van der Waals surface area contributed by atoms with Gasteiger partial charge in [0.15, 0.2) is 0 Å². The number of hydrogen-bond donors (Lipinski definition) is 1. The Bertz CT molecular complexity index is 854. The van der Waals surface area contributed by atoms with Crippen molar-refractivity contribution >= 4 is 22.7 Å². The highest BCUT2D eigenvalue weighted by molar-refractivity contribution is 5.92. The van der Waals surface area contributed by atoms with Gasteiger partial charge >= 0.3 is 12.3 Å². The molecule has 1 aromatic heterocycles. The average Bonchev–Trinajstić information content (AvgIpc) is 2.59. The maximum absolute atomic E-state index is 12.9. The fraction of sp³-hybridized carbons (Fsp3) is 0.500. The Labute approximate surface area is 161 Å². The molecule has 0 bridgehead atoms. The number of carbonyl (C=O) groups is 1. The van der Waals surface area contributed by atoms with Gasteiger partial charge in [0.1, 0.15) is 5.60 Å². The molecule has 0 unspecified atom stereocenters. The summed E-state index contributed by atoms with van der Waals surface area (Å²) in [6.45, 7) is 6.80. The van der Waals surface area contributed by atoms with Crippen molar-refractivity contribution in [3.05, 3.63) is 36.0 Å². The number of halogens is 3. The molecule has 1 N–H and O–H groups in total. The van der Waals surface area contributed by atoms with E-state index in [0.717, 1.165) is 30.7 Å². The van der Waals surface area contributed by atoms with Crippen LogP contribution in [0.2, 0.25) is 0 Å². The quantitative estimate of drug-likeness (QED) is 0.798. The van der Waals surface area contributed by atoms with E-state index < -0.39 is 23.4 Å². The molecule has 2 aromatic rings. The zero-order valence-electron chi connectivity index (χ0n) is 16.1. The summed E-state index contributed by atoms with van der Waals surface area (Å²) in [7, 11) is 0. The molecule has 0 radical (unpaired) electrons. The van der Waals surface area contributed by atoms with Crippen molar-refractivity contribution < 1.29 is 22.7 Å². The third-order valence-electron chi connectivity index (χ3n) is 4.60. The molecule has 1 aliphatic heterocycles. The third-order valence-corrected chi connectivity index (χ3v) is 4.60. The van der Waals surface area contributed by atoms with Gasteiger partial charge in [-0.1, -0.05) is 6.07 Å². The number of pyridine rings is 1. The molecule has 5 nitrogen and oxygen atoms in total. The second-order valence-electron chi connectivity index (χ2n) is 7.97. The van der Waals surface area contributed by atoms with E-state index in [2.05, 4.69) is 15.2 Å². The summed E-state index contributed by atoms with van der Waals surface area (Å²) in [5.41, 5.74) is -0.0728. The van der Waals surface area contributed by atoms with Crippen molar-refractivity contribution in [3.63, 3.8) is 0 Å². The van der Waals surface area contributed by atoms with Crippen LogP contribution in [0.5, 0.6) is 0 Å². The molecule has 2 heterocycles. The number of piperidine rings is 1. The van der Waals surface area contributed by atoms with Crippen LogP contribution in [0.3, 0.4) is 0 Å². The second kappa shape index (κ2) is 7.48. The summed E-state index contributed by atoms with van der Waals surface area (Å²) < 4.78 is 44.1. The van der Waals surface area contributed by atoms with Crippen LogP contribution in [-0.4, -0.2) is 35.8 Å². The Morgan fingerprint density at radius 1 is 1.18 bits per heavy atom. The van der Waals surface area contributed by atoms with Gasteiger partial charge in [0.2, 0.25) is 0 Å². The van der Waals surface area contributed by atoms with E-state index in [1.54, 1.807) is 0 Å². The van der Waals surface area contributed by atoms with E-state index in [4.69, 9.17) is 4.74 Å². The SMILES string of the molecule is CC(C)(C)OC(=O)NC1CCN(c2ccnc3cc(C(F)(F)F)ccc23)CC1. The van der Waals surface area contributed by atoms with Gasteiger partial charge in [0.25, 0.3) is 0 Å². The van der Waals surface area contributed by atoms with E-state index in [-0.39, 0.29) is 6.04 Å². The van der Waals surface area contributed by atoms with Gasteiger partial charge in [0.05, 0.1) is 11.1 Å². The lowest BCUT2D eigenvalue weighted by molar-refractivity contribution is -0.137. The first kappa shape index (κ1) is 20.2. The molecular formula is C20H24F3N3O2. The van der Waals surface area contributed by atoms with Crippen molar-refractivity contribution in [2.75, 3.05) is 18.0 Å². The van der Waals surface area contributed by atoms with Crippen molar-refractivity contribution in [3.8, 4) is 0 Å². The van der Waals surface area contributed by atoms with Crippen molar-refractivity contribution in [1.29, 1.82) is 0 Å². The highest BCUT2D eigenvalue weighted by Gasteiger charge is 2.31. The van der Waals surface area contributed by atoms with Crippen LogP contribution in [-0.2, 0) is 10.9 Å². The zero-order valence-corrected chi connectivity index (χ0v) is 16.1. The minimum atomic E-state index is -4.39. The first-order valence-electron chi connectivity index (χ1n) is 9.23. The largest absolute Gasteiger partial charge is 0.444 e. The van der Waals surface area contributed by atoms with Crippen molar-refractivity contribution in [2.45, 2.75) is 51.4 Å². The Balaban J connectivity index is 1.69. The number of anilines is 1. The Morgan fingerprint density at radius 2 is 1.86 bits per heavy atom. The molecule has 28 heavy (non-hydrogen) atoms. The van der Waals surface area contributed by atoms with E-state index >= 15 is 0 Å². The number of alkyl carbamates (subject to hydrolysis) is 1. The van der Waals surface area contributed by atoms with Gasteiger partial charge in [-0.3, -0.25) is 4.98 Å². The van der Waals surface area contributed by atoms with Crippen LogP contribution in [0.4, 0.5) is 23.7 Å². The number of ether oxygens (including phenoxy) is 1. The fourth-order valence-corrected chi connectivity index (χ4v) is 3.32. The molecule has 0 atom stereocenters. The normalized spacial score (nSPS) is 16.3. The summed E-state index contributed by atoms with van der Waals surface area (Å²) in [6.07, 6.45) is -1.84. The number of amides is 1. The van der Waals surface area contributed by atoms with Crippen LogP contribution < -0.4 is 10.2 Å². The maximum Gasteiger partial charge on any atom is 0.416 e. The predicted octanol–water partition coefficient (Wildman–Crippen LogP) is 4.75. The number of hydrogen-bond acceptors (Lipinski definition) is 4. The number of carbonyl (C=O) groups excluding carboxylic acids is 1. The molecule has 0 aliphatic carbocycles. The van der Waals surface area contributed by atoms with E-state index in [1.165, 1.54) is 12.3 Å². The lowest BCUT2D eigenvalue weighted by Crippen LogP contribution is -2.46. The van der Waals surface area contributed by atoms with E-state index in [9.17, 15) is 18.0 Å². The zero-order chi connectivity index (χ0) is 20.5. The van der Waals surface area contributed by atoms with Crippen LogP contribution in [0, 0.1) is 0 Å².